The molecular formula is C16H17N5O. The van der Waals surface area contributed by atoms with Crippen LogP contribution in [0.2, 0.25) is 0 Å². The highest BCUT2D eigenvalue weighted by Gasteiger charge is 2.16. The lowest BCUT2D eigenvalue weighted by atomic mass is 10.2. The Kier molecular flexibility index (Phi) is 4.09. The molecule has 2 heterocycles. The summed E-state index contributed by atoms with van der Waals surface area (Å²) < 4.78 is 1.88. The van der Waals surface area contributed by atoms with Crippen molar-refractivity contribution in [3.8, 4) is 0 Å². The number of nitrogens with zero attached hydrogens (tertiary/aromatic N) is 4. The van der Waals surface area contributed by atoms with Crippen LogP contribution in [0.25, 0.3) is 11.0 Å². The largest absolute Gasteiger partial charge is 0.354 e. The first-order valence-corrected chi connectivity index (χ1v) is 7.20. The molecule has 112 valence electrons. The van der Waals surface area contributed by atoms with E-state index >= 15 is 0 Å². The van der Waals surface area contributed by atoms with Gasteiger partial charge in [-0.2, -0.15) is 0 Å². The number of amides is 1. The Bertz CT molecular complexity index is 768. The maximum atomic E-state index is 12.3. The summed E-state index contributed by atoms with van der Waals surface area (Å²) in [6.45, 7) is 2.40. The summed E-state index contributed by atoms with van der Waals surface area (Å²) in [7, 11) is 0. The van der Waals surface area contributed by atoms with Crippen molar-refractivity contribution in [3.05, 3.63) is 54.9 Å². The number of hydrogen-bond donors (Lipinski definition) is 1. The highest BCUT2D eigenvalue weighted by atomic mass is 16.2. The second-order valence-corrected chi connectivity index (χ2v) is 5.05. The molecule has 6 heteroatoms. The maximum Gasteiger partial charge on any atom is 0.242 e. The summed E-state index contributed by atoms with van der Waals surface area (Å²) in [5.74, 6) is -0.0351. The van der Waals surface area contributed by atoms with Crippen molar-refractivity contribution in [1.29, 1.82) is 0 Å². The molecule has 1 aromatic carbocycles. The number of carbonyl (C=O) groups is 1. The number of nitrogens with one attached hydrogen (secondary N) is 1. The molecule has 0 aliphatic heterocycles. The minimum atomic E-state index is -0.311. The van der Waals surface area contributed by atoms with Crippen molar-refractivity contribution < 1.29 is 4.79 Å². The molecule has 3 rings (SSSR count). The Morgan fingerprint density at radius 1 is 1.27 bits per heavy atom. The van der Waals surface area contributed by atoms with Crippen LogP contribution in [0, 0.1) is 0 Å². The molecule has 1 amide bonds. The first-order valence-electron chi connectivity index (χ1n) is 7.20. The van der Waals surface area contributed by atoms with E-state index in [0.717, 1.165) is 16.7 Å². The van der Waals surface area contributed by atoms with Gasteiger partial charge >= 0.3 is 0 Å². The van der Waals surface area contributed by atoms with Crippen LogP contribution in [-0.4, -0.2) is 32.0 Å². The van der Waals surface area contributed by atoms with E-state index in [0.29, 0.717) is 13.0 Å². The van der Waals surface area contributed by atoms with E-state index in [4.69, 9.17) is 0 Å². The Morgan fingerprint density at radius 2 is 2.14 bits per heavy atom. The Balaban J connectivity index is 1.62. The fourth-order valence-electron chi connectivity index (χ4n) is 2.33. The number of fused-ring (bicyclic) bond motifs is 1. The molecule has 0 saturated heterocycles. The fraction of sp³-hybridized carbons (Fsp3) is 0.250. The molecule has 0 bridgehead atoms. The molecule has 1 atom stereocenters. The number of rotatable bonds is 5. The van der Waals surface area contributed by atoms with E-state index in [2.05, 4.69) is 20.3 Å². The SMILES string of the molecule is C[C@@H](C(=O)NCCc1cnccn1)n1cnc2ccccc21. The second kappa shape index (κ2) is 6.34. The number of aromatic nitrogens is 4. The first kappa shape index (κ1) is 14.2. The van der Waals surface area contributed by atoms with Crippen LogP contribution in [0.5, 0.6) is 0 Å². The predicted molar refractivity (Wildman–Crippen MR) is 83.2 cm³/mol. The molecule has 0 aliphatic rings. The normalized spacial score (nSPS) is 12.2. The van der Waals surface area contributed by atoms with Gasteiger partial charge in [-0.15, -0.1) is 0 Å². The van der Waals surface area contributed by atoms with Crippen LogP contribution in [0.3, 0.4) is 0 Å². The second-order valence-electron chi connectivity index (χ2n) is 5.05. The number of benzene rings is 1. The summed E-state index contributed by atoms with van der Waals surface area (Å²) in [5, 5.41) is 2.93. The van der Waals surface area contributed by atoms with E-state index in [1.165, 1.54) is 0 Å². The zero-order chi connectivity index (χ0) is 15.4. The van der Waals surface area contributed by atoms with Crippen molar-refractivity contribution >= 4 is 16.9 Å². The average molecular weight is 295 g/mol. The molecule has 6 nitrogen and oxygen atoms in total. The van der Waals surface area contributed by atoms with Gasteiger partial charge in [0.25, 0.3) is 0 Å². The highest BCUT2D eigenvalue weighted by Crippen LogP contribution is 2.17. The maximum absolute atomic E-state index is 12.3. The molecule has 0 radical (unpaired) electrons. The summed E-state index contributed by atoms with van der Waals surface area (Å²) in [6, 6.07) is 7.47. The van der Waals surface area contributed by atoms with Gasteiger partial charge in [0.05, 0.1) is 23.1 Å². The lowest BCUT2D eigenvalue weighted by molar-refractivity contribution is -0.123. The summed E-state index contributed by atoms with van der Waals surface area (Å²) >= 11 is 0. The van der Waals surface area contributed by atoms with Crippen LogP contribution >= 0.6 is 0 Å². The molecule has 0 fully saturated rings. The van der Waals surface area contributed by atoms with E-state index < -0.39 is 0 Å². The van der Waals surface area contributed by atoms with Gasteiger partial charge in [0, 0.05) is 31.6 Å². The van der Waals surface area contributed by atoms with Crippen molar-refractivity contribution in [2.75, 3.05) is 6.54 Å². The van der Waals surface area contributed by atoms with E-state index in [1.807, 2.05) is 35.8 Å². The standard InChI is InChI=1S/C16H17N5O/c1-12(21-11-20-14-4-2-3-5-15(14)21)16(22)19-7-6-13-10-17-8-9-18-13/h2-5,8-12H,6-7H2,1H3,(H,19,22)/t12-/m0/s1. The molecule has 3 aromatic rings. The highest BCUT2D eigenvalue weighted by molar-refractivity contribution is 5.83. The quantitative estimate of drug-likeness (QED) is 0.778. The molecule has 0 aliphatic carbocycles. The molecule has 2 aromatic heterocycles. The Hall–Kier alpha value is -2.76. The molecule has 0 saturated carbocycles. The minimum absolute atomic E-state index is 0.0351. The molecular weight excluding hydrogens is 278 g/mol. The minimum Gasteiger partial charge on any atom is -0.354 e. The van der Waals surface area contributed by atoms with Crippen molar-refractivity contribution in [2.24, 2.45) is 0 Å². The van der Waals surface area contributed by atoms with Gasteiger partial charge in [-0.05, 0) is 19.1 Å². The first-order chi connectivity index (χ1) is 10.8. The van der Waals surface area contributed by atoms with Crippen LogP contribution in [0.1, 0.15) is 18.7 Å². The lowest BCUT2D eigenvalue weighted by Crippen LogP contribution is -2.32. The van der Waals surface area contributed by atoms with Gasteiger partial charge in [-0.25, -0.2) is 4.98 Å². The zero-order valence-corrected chi connectivity index (χ0v) is 12.3. The van der Waals surface area contributed by atoms with Gasteiger partial charge in [0.2, 0.25) is 5.91 Å². The lowest BCUT2D eigenvalue weighted by Gasteiger charge is -2.14. The van der Waals surface area contributed by atoms with Crippen molar-refractivity contribution in [3.63, 3.8) is 0 Å². The third-order valence-electron chi connectivity index (χ3n) is 3.57. The van der Waals surface area contributed by atoms with Gasteiger partial charge in [0.15, 0.2) is 0 Å². The van der Waals surface area contributed by atoms with Crippen LogP contribution in [0.4, 0.5) is 0 Å². The number of para-hydroxylation sites is 2. The third kappa shape index (κ3) is 2.95. The zero-order valence-electron chi connectivity index (χ0n) is 12.3. The molecule has 0 spiro atoms. The summed E-state index contributed by atoms with van der Waals surface area (Å²) in [6.07, 6.45) is 7.36. The number of imidazole rings is 1. The number of hydrogen-bond acceptors (Lipinski definition) is 4. The molecule has 1 N–H and O–H groups in total. The third-order valence-corrected chi connectivity index (χ3v) is 3.57. The van der Waals surface area contributed by atoms with Gasteiger partial charge in [-0.1, -0.05) is 12.1 Å². The Morgan fingerprint density at radius 3 is 2.95 bits per heavy atom. The number of carbonyl (C=O) groups excluding carboxylic acids is 1. The summed E-state index contributed by atoms with van der Waals surface area (Å²) in [4.78, 5) is 24.8. The summed E-state index contributed by atoms with van der Waals surface area (Å²) in [5.41, 5.74) is 2.71. The van der Waals surface area contributed by atoms with Crippen LogP contribution < -0.4 is 5.32 Å². The van der Waals surface area contributed by atoms with Crippen molar-refractivity contribution in [2.45, 2.75) is 19.4 Å². The topological polar surface area (TPSA) is 72.7 Å². The van der Waals surface area contributed by atoms with E-state index in [-0.39, 0.29) is 11.9 Å². The van der Waals surface area contributed by atoms with E-state index in [9.17, 15) is 4.79 Å². The van der Waals surface area contributed by atoms with Gasteiger partial charge in [-0.3, -0.25) is 14.8 Å². The van der Waals surface area contributed by atoms with Gasteiger partial charge < -0.3 is 9.88 Å². The molecule has 22 heavy (non-hydrogen) atoms. The van der Waals surface area contributed by atoms with Crippen LogP contribution in [0.15, 0.2) is 49.2 Å². The molecule has 0 unspecified atom stereocenters. The van der Waals surface area contributed by atoms with Gasteiger partial charge in [0.1, 0.15) is 6.04 Å². The van der Waals surface area contributed by atoms with Crippen LogP contribution in [-0.2, 0) is 11.2 Å². The predicted octanol–water partition coefficient (Wildman–Crippen LogP) is 1.75. The fourth-order valence-corrected chi connectivity index (χ4v) is 2.33. The Labute approximate surface area is 128 Å². The van der Waals surface area contributed by atoms with E-state index in [1.54, 1.807) is 24.9 Å². The monoisotopic (exact) mass is 295 g/mol. The van der Waals surface area contributed by atoms with Crippen molar-refractivity contribution in [1.82, 2.24) is 24.8 Å². The smallest absolute Gasteiger partial charge is 0.242 e. The average Bonchev–Trinajstić information content (AvgIpc) is 2.99.